The molecule has 0 N–H and O–H groups in total. The second-order valence-electron chi connectivity index (χ2n) is 0.952. The van der Waals surface area contributed by atoms with Crippen molar-refractivity contribution < 1.29 is 8.78 Å². The van der Waals surface area contributed by atoms with Crippen molar-refractivity contribution in [3.8, 4) is 5.92 Å². The Morgan fingerprint density at radius 2 is 2.14 bits per heavy atom. The SMILES string of the molecule is [C]#CC(F)(F)C=C. The fourth-order valence-electron chi connectivity index (χ4n) is 0.0510. The Balaban J connectivity index is 3.91. The predicted molar refractivity (Wildman–Crippen MR) is 22.3 cm³/mol. The summed E-state index contributed by atoms with van der Waals surface area (Å²) in [5, 5.41) is 0. The fraction of sp³-hybridized carbons (Fsp3) is 0.200. The van der Waals surface area contributed by atoms with Gasteiger partial charge in [-0.1, -0.05) is 6.58 Å². The van der Waals surface area contributed by atoms with E-state index in [-0.39, 0.29) is 0 Å². The van der Waals surface area contributed by atoms with Crippen molar-refractivity contribution in [1.29, 1.82) is 0 Å². The van der Waals surface area contributed by atoms with Gasteiger partial charge in [0.25, 0.3) is 0 Å². The fourth-order valence-corrected chi connectivity index (χ4v) is 0.0510. The summed E-state index contributed by atoms with van der Waals surface area (Å²) in [7, 11) is 0. The third-order valence-electron chi connectivity index (χ3n) is 0.423. The van der Waals surface area contributed by atoms with Crippen LogP contribution in [0.1, 0.15) is 0 Å². The Morgan fingerprint density at radius 3 is 2.14 bits per heavy atom. The van der Waals surface area contributed by atoms with Crippen LogP contribution < -0.4 is 0 Å². The van der Waals surface area contributed by atoms with E-state index in [1.807, 2.05) is 0 Å². The molecule has 0 aromatic rings. The minimum atomic E-state index is -3.24. The van der Waals surface area contributed by atoms with Crippen LogP contribution in [0.5, 0.6) is 0 Å². The molecule has 1 radical (unpaired) electrons. The van der Waals surface area contributed by atoms with Crippen molar-refractivity contribution in [1.82, 2.24) is 0 Å². The number of alkyl halides is 2. The van der Waals surface area contributed by atoms with Crippen molar-refractivity contribution in [2.75, 3.05) is 0 Å². The molecular formula is C5H3F2. The van der Waals surface area contributed by atoms with E-state index >= 15 is 0 Å². The van der Waals surface area contributed by atoms with E-state index in [4.69, 9.17) is 6.42 Å². The van der Waals surface area contributed by atoms with Gasteiger partial charge < -0.3 is 0 Å². The Labute approximate surface area is 40.8 Å². The second-order valence-corrected chi connectivity index (χ2v) is 0.952. The molecule has 0 aliphatic rings. The second kappa shape index (κ2) is 1.74. The molecule has 0 heterocycles. The summed E-state index contributed by atoms with van der Waals surface area (Å²) in [4.78, 5) is 0. The van der Waals surface area contributed by atoms with E-state index in [0.717, 1.165) is 5.92 Å². The van der Waals surface area contributed by atoms with Gasteiger partial charge in [-0.15, -0.1) is 0 Å². The van der Waals surface area contributed by atoms with Crippen LogP contribution in [0.2, 0.25) is 0 Å². The molecule has 0 amide bonds. The van der Waals surface area contributed by atoms with Gasteiger partial charge in [-0.05, 0) is 18.4 Å². The highest BCUT2D eigenvalue weighted by molar-refractivity contribution is 5.06. The average Bonchev–Trinajstić information content (AvgIpc) is 1.68. The smallest absolute Gasteiger partial charge is 0.187 e. The topological polar surface area (TPSA) is 0 Å². The Morgan fingerprint density at radius 1 is 1.71 bits per heavy atom. The highest BCUT2D eigenvalue weighted by Crippen LogP contribution is 2.10. The van der Waals surface area contributed by atoms with E-state index in [1.54, 1.807) is 0 Å². The zero-order valence-corrected chi connectivity index (χ0v) is 3.54. The molecule has 37 valence electrons. The molecule has 0 rings (SSSR count). The number of hydrogen-bond donors (Lipinski definition) is 0. The molecule has 0 fully saturated rings. The first-order valence-corrected chi connectivity index (χ1v) is 1.57. The molecule has 0 aromatic carbocycles. The lowest BCUT2D eigenvalue weighted by Crippen LogP contribution is -2.05. The third-order valence-corrected chi connectivity index (χ3v) is 0.423. The summed E-state index contributed by atoms with van der Waals surface area (Å²) in [5.74, 6) is -2.25. The standard InChI is InChI=1S/C5H3F2/c1-3-5(6,7)4-2/h3H,1H2. The minimum Gasteiger partial charge on any atom is -0.187 e. The molecule has 0 nitrogen and oxygen atoms in total. The summed E-state index contributed by atoms with van der Waals surface area (Å²) in [6.07, 6.45) is 6.30. The summed E-state index contributed by atoms with van der Waals surface area (Å²) in [6, 6.07) is 0. The average molecular weight is 101 g/mol. The zero-order chi connectivity index (χ0) is 5.91. The summed E-state index contributed by atoms with van der Waals surface area (Å²) >= 11 is 0. The van der Waals surface area contributed by atoms with E-state index in [0.29, 0.717) is 6.08 Å². The molecule has 0 aromatic heterocycles. The Bertz CT molecular complexity index is 108. The van der Waals surface area contributed by atoms with Crippen LogP contribution in [0.4, 0.5) is 8.78 Å². The van der Waals surface area contributed by atoms with Crippen molar-refractivity contribution >= 4 is 0 Å². The monoisotopic (exact) mass is 101 g/mol. The Kier molecular flexibility index (Phi) is 1.53. The van der Waals surface area contributed by atoms with Gasteiger partial charge in [0.1, 0.15) is 0 Å². The molecule has 0 aliphatic carbocycles. The van der Waals surface area contributed by atoms with Gasteiger partial charge in [-0.3, -0.25) is 0 Å². The first-order chi connectivity index (χ1) is 3.12. The van der Waals surface area contributed by atoms with E-state index < -0.39 is 5.92 Å². The van der Waals surface area contributed by atoms with Gasteiger partial charge in [0.05, 0.1) is 0 Å². The number of allylic oxidation sites excluding steroid dienone is 1. The van der Waals surface area contributed by atoms with Crippen LogP contribution in [0.25, 0.3) is 0 Å². The third kappa shape index (κ3) is 1.94. The quantitative estimate of drug-likeness (QED) is 0.346. The molecule has 0 bridgehead atoms. The number of halogens is 2. The lowest BCUT2D eigenvalue weighted by molar-refractivity contribution is 0.123. The maximum Gasteiger partial charge on any atom is 0.327 e. The molecule has 0 saturated heterocycles. The highest BCUT2D eigenvalue weighted by Gasteiger charge is 2.18. The van der Waals surface area contributed by atoms with Crippen molar-refractivity contribution in [2.45, 2.75) is 5.92 Å². The van der Waals surface area contributed by atoms with Gasteiger partial charge >= 0.3 is 5.92 Å². The van der Waals surface area contributed by atoms with Crippen molar-refractivity contribution in [2.24, 2.45) is 0 Å². The summed E-state index contributed by atoms with van der Waals surface area (Å²) < 4.78 is 22.9. The number of hydrogen-bond acceptors (Lipinski definition) is 0. The van der Waals surface area contributed by atoms with Gasteiger partial charge in [-0.2, -0.15) is 8.78 Å². The molecular weight excluding hydrogens is 98.1 g/mol. The van der Waals surface area contributed by atoms with Crippen LogP contribution >= 0.6 is 0 Å². The van der Waals surface area contributed by atoms with Crippen LogP contribution in [-0.4, -0.2) is 5.92 Å². The van der Waals surface area contributed by atoms with E-state index in [2.05, 4.69) is 6.58 Å². The van der Waals surface area contributed by atoms with Crippen LogP contribution in [-0.2, 0) is 0 Å². The summed E-state index contributed by atoms with van der Waals surface area (Å²) in [6.45, 7) is 2.77. The highest BCUT2D eigenvalue weighted by atomic mass is 19.3. The molecule has 2 heteroatoms. The Hall–Kier alpha value is -0.840. The predicted octanol–water partition coefficient (Wildman–Crippen LogP) is 1.40. The van der Waals surface area contributed by atoms with Crippen LogP contribution in [0, 0.1) is 12.3 Å². The lowest BCUT2D eigenvalue weighted by Gasteiger charge is -1.96. The molecule has 0 aliphatic heterocycles. The lowest BCUT2D eigenvalue weighted by atomic mass is 10.4. The molecule has 7 heavy (non-hydrogen) atoms. The van der Waals surface area contributed by atoms with Crippen molar-refractivity contribution in [3.63, 3.8) is 0 Å². The first kappa shape index (κ1) is 6.16. The molecule has 0 atom stereocenters. The zero-order valence-electron chi connectivity index (χ0n) is 3.54. The number of rotatable bonds is 1. The molecule has 0 unspecified atom stereocenters. The van der Waals surface area contributed by atoms with Crippen LogP contribution in [0.3, 0.4) is 0 Å². The molecule has 0 saturated carbocycles. The maximum atomic E-state index is 11.5. The molecule has 0 spiro atoms. The summed E-state index contributed by atoms with van der Waals surface area (Å²) in [5.41, 5.74) is 0. The van der Waals surface area contributed by atoms with Gasteiger partial charge in [0.15, 0.2) is 0 Å². The van der Waals surface area contributed by atoms with Crippen LogP contribution in [0.15, 0.2) is 12.7 Å². The maximum absolute atomic E-state index is 11.5. The normalized spacial score (nSPS) is 9.86. The van der Waals surface area contributed by atoms with E-state index in [1.165, 1.54) is 0 Å². The van der Waals surface area contributed by atoms with Crippen molar-refractivity contribution in [3.05, 3.63) is 19.1 Å². The van der Waals surface area contributed by atoms with Gasteiger partial charge in [0, 0.05) is 0 Å². The largest absolute Gasteiger partial charge is 0.327 e. The van der Waals surface area contributed by atoms with Gasteiger partial charge in [-0.25, -0.2) is 0 Å². The minimum absolute atomic E-state index is 0.361. The van der Waals surface area contributed by atoms with Gasteiger partial charge in [0.2, 0.25) is 0 Å². The first-order valence-electron chi connectivity index (χ1n) is 1.57. The van der Waals surface area contributed by atoms with E-state index in [9.17, 15) is 8.78 Å².